The summed E-state index contributed by atoms with van der Waals surface area (Å²) in [6.07, 6.45) is 0.170. The summed E-state index contributed by atoms with van der Waals surface area (Å²) in [7, 11) is 0. The number of thioether (sulfide) groups is 1. The van der Waals surface area contributed by atoms with Crippen LogP contribution in [0.3, 0.4) is 0 Å². The smallest absolute Gasteiger partial charge is 0.261 e. The zero-order valence-corrected chi connectivity index (χ0v) is 17.1. The topological polar surface area (TPSA) is 38.3 Å². The second-order valence-electron chi connectivity index (χ2n) is 6.26. The summed E-state index contributed by atoms with van der Waals surface area (Å²) < 4.78 is 5.92. The van der Waals surface area contributed by atoms with Crippen molar-refractivity contribution in [2.45, 2.75) is 39.0 Å². The molecule has 140 valence electrons. The number of hydrogen-bond acceptors (Lipinski definition) is 3. The van der Waals surface area contributed by atoms with Crippen molar-refractivity contribution in [3.05, 3.63) is 64.2 Å². The molecule has 1 atom stereocenters. The zero-order valence-electron chi connectivity index (χ0n) is 15.5. The molecule has 0 aliphatic carbocycles. The van der Waals surface area contributed by atoms with Crippen LogP contribution in [0.15, 0.2) is 42.5 Å². The summed E-state index contributed by atoms with van der Waals surface area (Å²) in [4.78, 5) is 12.4. The Morgan fingerprint density at radius 3 is 2.73 bits per heavy atom. The van der Waals surface area contributed by atoms with E-state index < -0.39 is 6.10 Å². The lowest BCUT2D eigenvalue weighted by Crippen LogP contribution is -2.39. The minimum absolute atomic E-state index is 0.0594. The van der Waals surface area contributed by atoms with Gasteiger partial charge in [-0.3, -0.25) is 4.79 Å². The van der Waals surface area contributed by atoms with Crippen molar-refractivity contribution in [2.24, 2.45) is 0 Å². The molecule has 1 amide bonds. The Morgan fingerprint density at radius 1 is 1.23 bits per heavy atom. The van der Waals surface area contributed by atoms with Crippen LogP contribution in [0, 0.1) is 13.8 Å². The summed E-state index contributed by atoms with van der Waals surface area (Å²) in [6.45, 7) is 6.62. The van der Waals surface area contributed by atoms with E-state index in [4.69, 9.17) is 16.3 Å². The molecule has 26 heavy (non-hydrogen) atoms. The van der Waals surface area contributed by atoms with E-state index in [1.54, 1.807) is 11.8 Å². The number of aryl methyl sites for hydroxylation is 2. The molecule has 0 heterocycles. The number of rotatable bonds is 9. The van der Waals surface area contributed by atoms with Crippen molar-refractivity contribution in [1.82, 2.24) is 5.32 Å². The van der Waals surface area contributed by atoms with Crippen LogP contribution in [0.4, 0.5) is 0 Å². The predicted octanol–water partition coefficient (Wildman–Crippen LogP) is 5.16. The van der Waals surface area contributed by atoms with Gasteiger partial charge in [-0.2, -0.15) is 11.8 Å². The highest BCUT2D eigenvalue weighted by Crippen LogP contribution is 2.21. The van der Waals surface area contributed by atoms with Gasteiger partial charge in [0.05, 0.1) is 0 Å². The molecule has 5 heteroatoms. The van der Waals surface area contributed by atoms with Crippen molar-refractivity contribution in [1.29, 1.82) is 0 Å². The number of ether oxygens (including phenoxy) is 1. The van der Waals surface area contributed by atoms with Gasteiger partial charge < -0.3 is 10.1 Å². The van der Waals surface area contributed by atoms with Crippen LogP contribution in [0.2, 0.25) is 5.02 Å². The van der Waals surface area contributed by atoms with Crippen LogP contribution in [0.5, 0.6) is 5.75 Å². The lowest BCUT2D eigenvalue weighted by molar-refractivity contribution is -0.128. The van der Waals surface area contributed by atoms with Gasteiger partial charge in [-0.05, 0) is 49.6 Å². The van der Waals surface area contributed by atoms with Gasteiger partial charge in [0.25, 0.3) is 5.91 Å². The molecule has 2 aromatic rings. The van der Waals surface area contributed by atoms with Gasteiger partial charge in [-0.1, -0.05) is 48.4 Å². The maximum absolute atomic E-state index is 12.4. The van der Waals surface area contributed by atoms with E-state index >= 15 is 0 Å². The summed E-state index contributed by atoms with van der Waals surface area (Å²) in [5.74, 6) is 2.44. The Hall–Kier alpha value is -1.65. The molecule has 0 aliphatic rings. The molecule has 1 unspecified atom stereocenters. The molecule has 1 N–H and O–H groups in total. The highest BCUT2D eigenvalue weighted by molar-refractivity contribution is 7.98. The Morgan fingerprint density at radius 2 is 2.04 bits per heavy atom. The van der Waals surface area contributed by atoms with Gasteiger partial charge in [-0.15, -0.1) is 0 Å². The highest BCUT2D eigenvalue weighted by atomic mass is 35.5. The molecule has 0 radical (unpaired) electrons. The Kier molecular flexibility index (Phi) is 8.33. The normalized spacial score (nSPS) is 11.8. The first kappa shape index (κ1) is 20.7. The average Bonchev–Trinajstić information content (AvgIpc) is 2.60. The minimum Gasteiger partial charge on any atom is -0.480 e. The van der Waals surface area contributed by atoms with Crippen LogP contribution in [-0.4, -0.2) is 24.3 Å². The summed E-state index contributed by atoms with van der Waals surface area (Å²) in [6, 6.07) is 13.8. The Bertz CT molecular complexity index is 736. The molecular formula is C21H26ClNO2S. The third-order valence-corrected chi connectivity index (χ3v) is 5.23. The van der Waals surface area contributed by atoms with Crippen LogP contribution >= 0.6 is 23.4 Å². The van der Waals surface area contributed by atoms with E-state index in [2.05, 4.69) is 17.4 Å². The monoisotopic (exact) mass is 391 g/mol. The second-order valence-corrected chi connectivity index (χ2v) is 7.80. The summed E-state index contributed by atoms with van der Waals surface area (Å²) in [5, 5.41) is 3.73. The fourth-order valence-electron chi connectivity index (χ4n) is 2.58. The Labute approximate surface area is 165 Å². The Balaban J connectivity index is 1.74. The first-order valence-electron chi connectivity index (χ1n) is 8.83. The second kappa shape index (κ2) is 10.5. The van der Waals surface area contributed by atoms with Gasteiger partial charge in [0.1, 0.15) is 5.75 Å². The first-order chi connectivity index (χ1) is 12.5. The van der Waals surface area contributed by atoms with E-state index in [-0.39, 0.29) is 5.91 Å². The molecule has 0 saturated carbocycles. The summed E-state index contributed by atoms with van der Waals surface area (Å²) in [5.41, 5.74) is 3.43. The molecule has 3 nitrogen and oxygen atoms in total. The average molecular weight is 392 g/mol. The lowest BCUT2D eigenvalue weighted by Gasteiger charge is -2.19. The van der Waals surface area contributed by atoms with Crippen molar-refractivity contribution < 1.29 is 9.53 Å². The number of hydrogen-bond donors (Lipinski definition) is 1. The molecule has 0 bridgehead atoms. The molecule has 0 fully saturated rings. The van der Waals surface area contributed by atoms with Gasteiger partial charge in [-0.25, -0.2) is 0 Å². The zero-order chi connectivity index (χ0) is 18.9. The van der Waals surface area contributed by atoms with Gasteiger partial charge >= 0.3 is 0 Å². The van der Waals surface area contributed by atoms with Crippen molar-refractivity contribution >= 4 is 29.3 Å². The molecule has 2 aromatic carbocycles. The van der Waals surface area contributed by atoms with Gasteiger partial charge in [0.2, 0.25) is 0 Å². The van der Waals surface area contributed by atoms with Crippen LogP contribution in [0.25, 0.3) is 0 Å². The quantitative estimate of drug-likeness (QED) is 0.599. The van der Waals surface area contributed by atoms with Gasteiger partial charge in [0, 0.05) is 23.1 Å². The third kappa shape index (κ3) is 6.58. The van der Waals surface area contributed by atoms with Crippen molar-refractivity contribution in [3.63, 3.8) is 0 Å². The van der Waals surface area contributed by atoms with Crippen molar-refractivity contribution in [3.8, 4) is 5.75 Å². The lowest BCUT2D eigenvalue weighted by atomic mass is 10.1. The number of carbonyl (C=O) groups is 1. The third-order valence-electron chi connectivity index (χ3n) is 3.97. The molecule has 0 aromatic heterocycles. The largest absolute Gasteiger partial charge is 0.480 e. The van der Waals surface area contributed by atoms with Crippen LogP contribution in [-0.2, 0) is 10.5 Å². The predicted molar refractivity (Wildman–Crippen MR) is 111 cm³/mol. The molecular weight excluding hydrogens is 366 g/mol. The van der Waals surface area contributed by atoms with Crippen LogP contribution in [0.1, 0.15) is 30.0 Å². The van der Waals surface area contributed by atoms with E-state index in [1.165, 1.54) is 11.1 Å². The van der Waals surface area contributed by atoms with E-state index in [9.17, 15) is 4.79 Å². The van der Waals surface area contributed by atoms with E-state index in [1.807, 2.05) is 51.1 Å². The number of nitrogens with one attached hydrogen (secondary N) is 1. The molecule has 0 spiro atoms. The van der Waals surface area contributed by atoms with Gasteiger partial charge in [0.15, 0.2) is 6.10 Å². The maximum atomic E-state index is 12.4. The maximum Gasteiger partial charge on any atom is 0.261 e. The fourth-order valence-corrected chi connectivity index (χ4v) is 3.60. The fraction of sp³-hybridized carbons (Fsp3) is 0.381. The molecule has 2 rings (SSSR count). The highest BCUT2D eigenvalue weighted by Gasteiger charge is 2.18. The number of benzene rings is 2. The first-order valence-corrected chi connectivity index (χ1v) is 10.4. The SMILES string of the molecule is CCC(Oc1ccc(C)cc1C)C(=O)NCCSCc1cccc(Cl)c1. The number of halogens is 1. The van der Waals surface area contributed by atoms with E-state index in [0.717, 1.165) is 27.8 Å². The van der Waals surface area contributed by atoms with E-state index in [0.29, 0.717) is 13.0 Å². The standard InChI is InChI=1S/C21H26ClNO2S/c1-4-19(25-20-9-8-15(2)12-16(20)3)21(24)23-10-11-26-14-17-6-5-7-18(22)13-17/h5-9,12-13,19H,4,10-11,14H2,1-3H3,(H,23,24). The number of carbonyl (C=O) groups excluding carboxylic acids is 1. The summed E-state index contributed by atoms with van der Waals surface area (Å²) >= 11 is 7.75. The minimum atomic E-state index is -0.464. The molecule has 0 saturated heterocycles. The molecule has 0 aliphatic heterocycles. The number of amides is 1. The van der Waals surface area contributed by atoms with Crippen LogP contribution < -0.4 is 10.1 Å². The van der Waals surface area contributed by atoms with Crippen molar-refractivity contribution in [2.75, 3.05) is 12.3 Å².